The van der Waals surface area contributed by atoms with Crippen molar-refractivity contribution in [1.82, 2.24) is 20.4 Å². The highest BCUT2D eigenvalue weighted by molar-refractivity contribution is 5.94. The molecule has 1 aromatic heterocycles. The van der Waals surface area contributed by atoms with Gasteiger partial charge in [0.25, 0.3) is 5.91 Å². The van der Waals surface area contributed by atoms with E-state index in [9.17, 15) is 13.6 Å². The summed E-state index contributed by atoms with van der Waals surface area (Å²) in [5, 5.41) is 10.4. The van der Waals surface area contributed by atoms with Gasteiger partial charge in [-0.3, -0.25) is 4.79 Å². The lowest BCUT2D eigenvalue weighted by Crippen LogP contribution is -2.33. The third-order valence-electron chi connectivity index (χ3n) is 4.36. The van der Waals surface area contributed by atoms with Crippen molar-refractivity contribution in [3.8, 4) is 5.69 Å². The molecule has 2 N–H and O–H groups in total. The average molecular weight is 364 g/mol. The van der Waals surface area contributed by atoms with E-state index in [1.54, 1.807) is 11.8 Å². The van der Waals surface area contributed by atoms with Crippen molar-refractivity contribution in [1.29, 1.82) is 0 Å². The first-order chi connectivity index (χ1) is 12.6. The van der Waals surface area contributed by atoms with Gasteiger partial charge in [0.15, 0.2) is 17.3 Å². The van der Waals surface area contributed by atoms with Gasteiger partial charge in [0, 0.05) is 44.1 Å². The molecule has 2 aromatic rings. The quantitative estimate of drug-likeness (QED) is 0.699. The van der Waals surface area contributed by atoms with Crippen LogP contribution in [-0.4, -0.2) is 49.0 Å². The van der Waals surface area contributed by atoms with Crippen molar-refractivity contribution < 1.29 is 18.3 Å². The summed E-state index contributed by atoms with van der Waals surface area (Å²) in [5.41, 5.74) is 2.56. The number of aromatic nitrogens is 2. The number of carbonyl (C=O) groups excluding carboxylic acids is 1. The lowest BCUT2D eigenvalue weighted by Gasteiger charge is -2.07. The van der Waals surface area contributed by atoms with Crippen LogP contribution < -0.4 is 10.6 Å². The number of ether oxygens (including phenoxy) is 1. The van der Waals surface area contributed by atoms with E-state index >= 15 is 0 Å². The summed E-state index contributed by atoms with van der Waals surface area (Å²) >= 11 is 0. The first kappa shape index (κ1) is 18.5. The zero-order valence-electron chi connectivity index (χ0n) is 14.6. The number of amides is 1. The summed E-state index contributed by atoms with van der Waals surface area (Å²) in [4.78, 5) is 12.5. The van der Waals surface area contributed by atoms with Gasteiger partial charge in [-0.2, -0.15) is 5.10 Å². The predicted octanol–water partition coefficient (Wildman–Crippen LogP) is 1.60. The van der Waals surface area contributed by atoms with Crippen molar-refractivity contribution in [2.75, 3.05) is 33.4 Å². The Bertz CT molecular complexity index is 792. The molecule has 0 fully saturated rings. The number of methoxy groups -OCH3 is 1. The number of rotatable bonds is 8. The molecule has 0 unspecified atom stereocenters. The summed E-state index contributed by atoms with van der Waals surface area (Å²) in [5.74, 6) is -2.09. The van der Waals surface area contributed by atoms with Gasteiger partial charge in [-0.05, 0) is 31.4 Å². The second-order valence-corrected chi connectivity index (χ2v) is 6.14. The molecule has 1 heterocycles. The topological polar surface area (TPSA) is 68.2 Å². The second kappa shape index (κ2) is 8.37. The lowest BCUT2D eigenvalue weighted by atomic mass is 10.2. The molecular weight excluding hydrogens is 342 g/mol. The average Bonchev–Trinajstić information content (AvgIpc) is 3.23. The number of halogens is 2. The lowest BCUT2D eigenvalue weighted by molar-refractivity contribution is 0.0947. The zero-order chi connectivity index (χ0) is 18.5. The fraction of sp³-hybridized carbons (Fsp3) is 0.444. The highest BCUT2D eigenvalue weighted by Crippen LogP contribution is 2.28. The highest BCUT2D eigenvalue weighted by Gasteiger charge is 2.27. The number of carbonyl (C=O) groups is 1. The molecule has 1 aromatic carbocycles. The molecule has 140 valence electrons. The molecule has 0 saturated carbocycles. The zero-order valence-corrected chi connectivity index (χ0v) is 14.6. The van der Waals surface area contributed by atoms with Crippen LogP contribution in [-0.2, 0) is 17.6 Å². The van der Waals surface area contributed by atoms with Crippen LogP contribution in [0.3, 0.4) is 0 Å². The van der Waals surface area contributed by atoms with Crippen LogP contribution in [0.1, 0.15) is 28.2 Å². The van der Waals surface area contributed by atoms with Crippen LogP contribution in [0, 0.1) is 11.6 Å². The molecule has 1 amide bonds. The van der Waals surface area contributed by atoms with Gasteiger partial charge >= 0.3 is 0 Å². The third-order valence-corrected chi connectivity index (χ3v) is 4.36. The molecular formula is C18H22F2N4O2. The molecule has 1 aliphatic rings. The van der Waals surface area contributed by atoms with Crippen LogP contribution in [0.2, 0.25) is 0 Å². The Kier molecular flexibility index (Phi) is 5.95. The van der Waals surface area contributed by atoms with Gasteiger partial charge in [-0.1, -0.05) is 0 Å². The molecule has 0 saturated heterocycles. The molecule has 0 aliphatic heterocycles. The van der Waals surface area contributed by atoms with E-state index in [2.05, 4.69) is 15.7 Å². The van der Waals surface area contributed by atoms with Crippen molar-refractivity contribution in [2.24, 2.45) is 0 Å². The predicted molar refractivity (Wildman–Crippen MR) is 92.6 cm³/mol. The van der Waals surface area contributed by atoms with Crippen molar-refractivity contribution in [2.45, 2.75) is 19.3 Å². The molecule has 6 nitrogen and oxygen atoms in total. The minimum absolute atomic E-state index is 0.252. The first-order valence-corrected chi connectivity index (χ1v) is 8.66. The van der Waals surface area contributed by atoms with Crippen molar-refractivity contribution in [3.63, 3.8) is 0 Å². The van der Waals surface area contributed by atoms with E-state index in [0.717, 1.165) is 42.7 Å². The SMILES string of the molecule is COCCNCCNC(=O)c1nn(-c2ccc(F)c(F)c2)c2c1CCC2. The minimum Gasteiger partial charge on any atom is -0.383 e. The van der Waals surface area contributed by atoms with Gasteiger partial charge in [0.2, 0.25) is 0 Å². The van der Waals surface area contributed by atoms with Gasteiger partial charge < -0.3 is 15.4 Å². The van der Waals surface area contributed by atoms with E-state index in [-0.39, 0.29) is 5.91 Å². The Morgan fingerprint density at radius 3 is 2.85 bits per heavy atom. The van der Waals surface area contributed by atoms with Crippen LogP contribution in [0.4, 0.5) is 8.78 Å². The maximum Gasteiger partial charge on any atom is 0.272 e. The van der Waals surface area contributed by atoms with Gasteiger partial charge in [0.1, 0.15) is 0 Å². The largest absolute Gasteiger partial charge is 0.383 e. The maximum atomic E-state index is 13.6. The Morgan fingerprint density at radius 2 is 2.08 bits per heavy atom. The summed E-state index contributed by atoms with van der Waals surface area (Å²) in [6, 6.07) is 3.63. The van der Waals surface area contributed by atoms with Crippen molar-refractivity contribution in [3.05, 3.63) is 46.8 Å². The molecule has 26 heavy (non-hydrogen) atoms. The monoisotopic (exact) mass is 364 g/mol. The summed E-state index contributed by atoms with van der Waals surface area (Å²) < 4.78 is 33.2. The fourth-order valence-electron chi connectivity index (χ4n) is 3.10. The fourth-order valence-corrected chi connectivity index (χ4v) is 3.10. The van der Waals surface area contributed by atoms with E-state index in [1.807, 2.05) is 0 Å². The van der Waals surface area contributed by atoms with Crippen LogP contribution >= 0.6 is 0 Å². The Hall–Kier alpha value is -2.32. The van der Waals surface area contributed by atoms with Gasteiger partial charge in [-0.15, -0.1) is 0 Å². The highest BCUT2D eigenvalue weighted by atomic mass is 19.2. The first-order valence-electron chi connectivity index (χ1n) is 8.66. The third kappa shape index (κ3) is 3.91. The van der Waals surface area contributed by atoms with Gasteiger partial charge in [0.05, 0.1) is 12.3 Å². The maximum absolute atomic E-state index is 13.6. The number of benzene rings is 1. The van der Waals surface area contributed by atoms with Crippen LogP contribution in [0.15, 0.2) is 18.2 Å². The molecule has 8 heteroatoms. The summed E-state index contributed by atoms with van der Waals surface area (Å²) in [6.07, 6.45) is 2.43. The number of nitrogens with zero attached hydrogens (tertiary/aromatic N) is 2. The van der Waals surface area contributed by atoms with E-state index in [4.69, 9.17) is 4.74 Å². The Morgan fingerprint density at radius 1 is 1.23 bits per heavy atom. The summed E-state index contributed by atoms with van der Waals surface area (Å²) in [6.45, 7) is 2.42. The van der Waals surface area contributed by atoms with Crippen molar-refractivity contribution >= 4 is 5.91 Å². The summed E-state index contributed by atoms with van der Waals surface area (Å²) in [7, 11) is 1.63. The normalized spacial score (nSPS) is 13.0. The Balaban J connectivity index is 1.72. The molecule has 0 bridgehead atoms. The van der Waals surface area contributed by atoms with Crippen LogP contribution in [0.25, 0.3) is 5.69 Å². The molecule has 1 aliphatic carbocycles. The number of hydrogen-bond donors (Lipinski definition) is 2. The molecule has 0 atom stereocenters. The van der Waals surface area contributed by atoms with Crippen LogP contribution in [0.5, 0.6) is 0 Å². The standard InChI is InChI=1S/C18H22F2N4O2/c1-26-10-9-21-7-8-22-18(25)17-13-3-2-4-16(13)24(23-17)12-5-6-14(19)15(20)11-12/h5-6,11,21H,2-4,7-10H2,1H3,(H,22,25). The number of fused-ring (bicyclic) bond motifs is 1. The van der Waals surface area contributed by atoms with Gasteiger partial charge in [-0.25, -0.2) is 13.5 Å². The van der Waals surface area contributed by atoms with E-state index < -0.39 is 11.6 Å². The van der Waals surface area contributed by atoms with E-state index in [0.29, 0.717) is 37.6 Å². The van der Waals surface area contributed by atoms with E-state index in [1.165, 1.54) is 6.07 Å². The Labute approximate surface area is 150 Å². The minimum atomic E-state index is -0.933. The number of hydrogen-bond acceptors (Lipinski definition) is 4. The molecule has 0 spiro atoms. The number of nitrogens with one attached hydrogen (secondary N) is 2. The molecule has 0 radical (unpaired) electrons. The smallest absolute Gasteiger partial charge is 0.272 e. The second-order valence-electron chi connectivity index (χ2n) is 6.14. The molecule has 3 rings (SSSR count).